The first-order chi connectivity index (χ1) is 25.7. The Morgan fingerprint density at radius 2 is 1.69 bits per heavy atom. The number of carboxylic acid groups (broad SMARTS) is 2. The van der Waals surface area contributed by atoms with E-state index in [1.807, 2.05) is 31.3 Å². The lowest BCUT2D eigenvalue weighted by Crippen LogP contribution is -2.58. The lowest BCUT2D eigenvalue weighted by molar-refractivity contribution is -0.193. The molecule has 0 bridgehead atoms. The maximum atomic E-state index is 13.6. The van der Waals surface area contributed by atoms with Gasteiger partial charge in [-0.25, -0.2) is 19.1 Å². The first-order valence-electron chi connectivity index (χ1n) is 17.3. The monoisotopic (exact) mass is 786 g/mol. The average Bonchev–Trinajstić information content (AvgIpc) is 3.54. The number of piperazine rings is 1. The number of ether oxygens (including phenoxy) is 1. The highest BCUT2D eigenvalue weighted by atomic mass is 19.4. The van der Waals surface area contributed by atoms with Gasteiger partial charge in [-0.05, 0) is 50.8 Å². The van der Waals surface area contributed by atoms with E-state index in [0.717, 1.165) is 74.6 Å². The molecule has 302 valence electrons. The molecule has 20 heteroatoms. The summed E-state index contributed by atoms with van der Waals surface area (Å²) in [4.78, 5) is 41.0. The third-order valence-corrected chi connectivity index (χ3v) is 8.74. The normalized spacial score (nSPS) is 17.3. The van der Waals surface area contributed by atoms with Gasteiger partial charge in [0.25, 0.3) is 0 Å². The van der Waals surface area contributed by atoms with Crippen molar-refractivity contribution in [3.63, 3.8) is 0 Å². The highest BCUT2D eigenvalue weighted by Crippen LogP contribution is 2.36. The second-order valence-corrected chi connectivity index (χ2v) is 13.5. The van der Waals surface area contributed by atoms with Crippen LogP contribution in [0.2, 0.25) is 0 Å². The minimum Gasteiger partial charge on any atom is -0.492 e. The van der Waals surface area contributed by atoms with Crippen molar-refractivity contribution in [1.82, 2.24) is 30.1 Å². The number of hydrogen-bond donors (Lipinski definition) is 4. The predicted octanol–water partition coefficient (Wildman–Crippen LogP) is 4.59. The number of anilines is 1. The largest absolute Gasteiger partial charge is 0.492 e. The van der Waals surface area contributed by atoms with Crippen molar-refractivity contribution in [1.29, 1.82) is 5.26 Å². The maximum absolute atomic E-state index is 13.6. The number of piperidine rings is 1. The van der Waals surface area contributed by atoms with Crippen molar-refractivity contribution in [2.75, 3.05) is 57.3 Å². The molecule has 0 radical (unpaired) electrons. The number of nitrogens with one attached hydrogen (secondary N) is 2. The van der Waals surface area contributed by atoms with E-state index in [1.165, 1.54) is 0 Å². The molecule has 0 spiro atoms. The Morgan fingerprint density at radius 3 is 2.18 bits per heavy atom. The third-order valence-electron chi connectivity index (χ3n) is 8.74. The summed E-state index contributed by atoms with van der Waals surface area (Å²) < 4.78 is 70.9. The van der Waals surface area contributed by atoms with Crippen molar-refractivity contribution < 1.29 is 55.7 Å². The van der Waals surface area contributed by atoms with Crippen LogP contribution < -0.4 is 20.3 Å². The summed E-state index contributed by atoms with van der Waals surface area (Å²) in [7, 11) is 0. The Kier molecular flexibility index (Phi) is 15.2. The molecule has 55 heavy (non-hydrogen) atoms. The van der Waals surface area contributed by atoms with Crippen molar-refractivity contribution in [3.05, 3.63) is 42.4 Å². The summed E-state index contributed by atoms with van der Waals surface area (Å²) in [6, 6.07) is 8.70. The van der Waals surface area contributed by atoms with Crippen LogP contribution in [0.15, 0.2) is 36.8 Å². The van der Waals surface area contributed by atoms with Gasteiger partial charge in [0.05, 0.1) is 35.5 Å². The van der Waals surface area contributed by atoms with Crippen LogP contribution in [0.25, 0.3) is 16.6 Å². The number of carbonyl (C=O) groups is 3. The fraction of sp³-hybridized carbons (Fsp3) is 0.543. The number of aromatic nitrogens is 3. The van der Waals surface area contributed by atoms with Gasteiger partial charge in [-0.2, -0.15) is 36.7 Å². The lowest BCUT2D eigenvalue weighted by atomic mass is 9.76. The van der Waals surface area contributed by atoms with E-state index in [0.29, 0.717) is 36.4 Å². The van der Waals surface area contributed by atoms with E-state index < -0.39 is 29.7 Å². The smallest absolute Gasteiger partial charge is 0.490 e. The summed E-state index contributed by atoms with van der Waals surface area (Å²) in [6.07, 6.45) is -3.36. The molecule has 0 saturated carbocycles. The molecule has 3 aromatic heterocycles. The second-order valence-electron chi connectivity index (χ2n) is 13.5. The number of nitrogens with zero attached hydrogens (tertiary/aromatic N) is 6. The summed E-state index contributed by atoms with van der Waals surface area (Å²) in [5.41, 5.74) is 2.60. The molecule has 0 unspecified atom stereocenters. The molecular formula is C35H44F6N8O6. The SMILES string of the molecule is CCOc1cc(-c2ccc(N3CCC(CN4CCN[C@H](C)C4)(C(=O)NCC(C)C)CC3)nc2)c2c(C#N)cnn2c1.O=C(O)C(F)(F)F.O=C(O)C(F)(F)F. The first-order valence-corrected chi connectivity index (χ1v) is 17.3. The number of fused-ring (bicyclic) bond motifs is 1. The third kappa shape index (κ3) is 12.4. The maximum Gasteiger partial charge on any atom is 0.490 e. The van der Waals surface area contributed by atoms with Crippen LogP contribution in [0, 0.1) is 22.7 Å². The zero-order valence-electron chi connectivity index (χ0n) is 30.7. The van der Waals surface area contributed by atoms with E-state index in [1.54, 1.807) is 16.9 Å². The summed E-state index contributed by atoms with van der Waals surface area (Å²) >= 11 is 0. The van der Waals surface area contributed by atoms with Crippen molar-refractivity contribution in [2.45, 2.75) is 58.9 Å². The Labute approximate surface area is 313 Å². The molecule has 1 amide bonds. The van der Waals surface area contributed by atoms with Gasteiger partial charge in [0.15, 0.2) is 0 Å². The highest BCUT2D eigenvalue weighted by molar-refractivity contribution is 5.85. The van der Waals surface area contributed by atoms with Crippen LogP contribution in [0.5, 0.6) is 5.75 Å². The molecule has 14 nitrogen and oxygen atoms in total. The van der Waals surface area contributed by atoms with Crippen LogP contribution in [-0.4, -0.2) is 118 Å². The quantitative estimate of drug-likeness (QED) is 0.222. The number of halogens is 6. The summed E-state index contributed by atoms with van der Waals surface area (Å²) in [6.45, 7) is 14.9. The first kappa shape index (κ1) is 44.2. The van der Waals surface area contributed by atoms with Gasteiger partial charge >= 0.3 is 24.3 Å². The molecule has 2 aliphatic heterocycles. The van der Waals surface area contributed by atoms with Gasteiger partial charge in [0.2, 0.25) is 5.91 Å². The van der Waals surface area contributed by atoms with Crippen LogP contribution in [0.1, 0.15) is 46.1 Å². The van der Waals surface area contributed by atoms with E-state index in [-0.39, 0.29) is 5.91 Å². The van der Waals surface area contributed by atoms with E-state index in [4.69, 9.17) is 29.5 Å². The molecule has 0 aliphatic carbocycles. The fourth-order valence-electron chi connectivity index (χ4n) is 6.07. The molecule has 2 aliphatic rings. The number of carbonyl (C=O) groups excluding carboxylic acids is 1. The molecule has 3 aromatic rings. The molecule has 4 N–H and O–H groups in total. The zero-order chi connectivity index (χ0) is 41.1. The van der Waals surface area contributed by atoms with E-state index in [9.17, 15) is 36.4 Å². The van der Waals surface area contributed by atoms with Crippen LogP contribution in [0.3, 0.4) is 0 Å². The Hall–Kier alpha value is -5.16. The number of amides is 1. The standard InChI is InChI=1S/C31H42N8O2.2C2HF3O2/c1-5-41-26-14-27(29-25(15-32)18-36-39(29)20-26)24-6-7-28(34-17-24)38-11-8-31(9-12-38,30(40)35-16-22(2)3)21-37-13-10-33-23(4)19-37;2*3-2(4,5)1(6)7/h6-7,14,17-18,20,22-23,33H,5,8-13,16,19,21H2,1-4H3,(H,35,40);2*(H,6,7)/t23-;;/m1../s1. The van der Waals surface area contributed by atoms with Gasteiger partial charge < -0.3 is 30.5 Å². The molecule has 2 saturated heterocycles. The molecule has 5 heterocycles. The molecular weight excluding hydrogens is 742 g/mol. The number of aliphatic carboxylic acids is 2. The van der Waals surface area contributed by atoms with Crippen molar-refractivity contribution >= 4 is 29.2 Å². The van der Waals surface area contributed by atoms with Gasteiger partial charge in [0.1, 0.15) is 17.6 Å². The number of carboxylic acids is 2. The number of rotatable bonds is 9. The predicted molar refractivity (Wildman–Crippen MR) is 187 cm³/mol. The minimum absolute atomic E-state index is 0.188. The number of pyridine rings is 2. The van der Waals surface area contributed by atoms with Crippen LogP contribution in [0.4, 0.5) is 32.2 Å². The fourth-order valence-corrected chi connectivity index (χ4v) is 6.07. The summed E-state index contributed by atoms with van der Waals surface area (Å²) in [5, 5.41) is 35.0. The molecule has 5 rings (SSSR count). The van der Waals surface area contributed by atoms with Gasteiger partial charge in [0, 0.05) is 69.2 Å². The van der Waals surface area contributed by atoms with E-state index >= 15 is 0 Å². The van der Waals surface area contributed by atoms with Gasteiger partial charge in [-0.15, -0.1) is 0 Å². The highest BCUT2D eigenvalue weighted by Gasteiger charge is 2.43. The molecule has 1 atom stereocenters. The van der Waals surface area contributed by atoms with E-state index in [2.05, 4.69) is 52.4 Å². The number of hydrogen-bond acceptors (Lipinski definition) is 10. The number of alkyl halides is 6. The second kappa shape index (κ2) is 18.9. The number of nitriles is 1. The average molecular weight is 787 g/mol. The molecule has 2 fully saturated rings. The Morgan fingerprint density at radius 1 is 1.07 bits per heavy atom. The van der Waals surface area contributed by atoms with Crippen molar-refractivity contribution in [3.8, 4) is 22.9 Å². The Balaban J connectivity index is 0.000000494. The summed E-state index contributed by atoms with van der Waals surface area (Å²) in [5.74, 6) is -3.33. The van der Waals surface area contributed by atoms with Crippen LogP contribution in [-0.2, 0) is 14.4 Å². The van der Waals surface area contributed by atoms with Gasteiger partial charge in [-0.3, -0.25) is 9.69 Å². The Bertz CT molecular complexity index is 1780. The molecule has 0 aromatic carbocycles. The van der Waals surface area contributed by atoms with Gasteiger partial charge in [-0.1, -0.05) is 13.8 Å². The topological polar surface area (TPSA) is 185 Å². The minimum atomic E-state index is -5.08. The lowest BCUT2D eigenvalue weighted by Gasteiger charge is -2.45. The zero-order valence-corrected chi connectivity index (χ0v) is 30.7. The van der Waals surface area contributed by atoms with Crippen molar-refractivity contribution in [2.24, 2.45) is 11.3 Å². The van der Waals surface area contributed by atoms with Crippen LogP contribution >= 0.6 is 0 Å².